The van der Waals surface area contributed by atoms with Crippen LogP contribution < -0.4 is 5.73 Å². The van der Waals surface area contributed by atoms with Crippen LogP contribution in [0.1, 0.15) is 22.6 Å². The lowest BCUT2D eigenvalue weighted by Gasteiger charge is -2.20. The molecule has 94 valence electrons. The topological polar surface area (TPSA) is 75.3 Å². The molecular formula is C10H17N5OS. The number of anilines is 1. The average molecular weight is 255 g/mol. The molecule has 1 aliphatic heterocycles. The number of hydrogen-bond acceptors (Lipinski definition) is 6. The molecule has 7 heteroatoms. The Balaban J connectivity index is 1.82. The van der Waals surface area contributed by atoms with Crippen LogP contribution in [0.4, 0.5) is 5.13 Å². The molecule has 0 radical (unpaired) electrons. The van der Waals surface area contributed by atoms with E-state index in [2.05, 4.69) is 15.1 Å². The Morgan fingerprint density at radius 3 is 2.76 bits per heavy atom. The van der Waals surface area contributed by atoms with Crippen molar-refractivity contribution in [3.8, 4) is 0 Å². The molecule has 0 aromatic carbocycles. The number of aromatic nitrogens is 2. The number of nitrogens with zero attached hydrogens (tertiary/aromatic N) is 4. The number of amides is 1. The fraction of sp³-hybridized carbons (Fsp3) is 0.700. The van der Waals surface area contributed by atoms with Crippen molar-refractivity contribution in [1.29, 1.82) is 0 Å². The highest BCUT2D eigenvalue weighted by molar-refractivity contribution is 7.16. The molecule has 1 fully saturated rings. The molecule has 6 nitrogen and oxygen atoms in total. The predicted molar refractivity (Wildman–Crippen MR) is 67.0 cm³/mol. The molecule has 1 amide bonds. The number of nitrogen functional groups attached to an aromatic ring is 1. The summed E-state index contributed by atoms with van der Waals surface area (Å²) < 4.78 is 0. The lowest BCUT2D eigenvalue weighted by molar-refractivity contribution is 0.0781. The number of carbonyl (C=O) groups is 1. The van der Waals surface area contributed by atoms with Crippen molar-refractivity contribution in [2.24, 2.45) is 0 Å². The molecule has 0 spiro atoms. The number of rotatable bonds is 4. The number of likely N-dealkylation sites (N-methyl/N-ethyl adjacent to an activating group) is 1. The van der Waals surface area contributed by atoms with Gasteiger partial charge in [-0.2, -0.15) is 0 Å². The Morgan fingerprint density at radius 1 is 1.47 bits per heavy atom. The van der Waals surface area contributed by atoms with E-state index in [0.29, 0.717) is 10.1 Å². The Morgan fingerprint density at radius 2 is 2.18 bits per heavy atom. The van der Waals surface area contributed by atoms with Crippen LogP contribution in [-0.4, -0.2) is 59.1 Å². The van der Waals surface area contributed by atoms with E-state index in [-0.39, 0.29) is 5.91 Å². The lowest BCUT2D eigenvalue weighted by atomic mass is 10.4. The van der Waals surface area contributed by atoms with Crippen molar-refractivity contribution in [1.82, 2.24) is 20.0 Å². The zero-order chi connectivity index (χ0) is 12.3. The van der Waals surface area contributed by atoms with Crippen molar-refractivity contribution < 1.29 is 4.79 Å². The first kappa shape index (κ1) is 12.3. The van der Waals surface area contributed by atoms with Crippen molar-refractivity contribution >= 4 is 22.4 Å². The largest absolute Gasteiger partial charge is 0.374 e. The molecular weight excluding hydrogens is 238 g/mol. The van der Waals surface area contributed by atoms with E-state index in [1.54, 1.807) is 11.9 Å². The first-order chi connectivity index (χ1) is 8.16. The van der Waals surface area contributed by atoms with Crippen LogP contribution in [0.15, 0.2) is 0 Å². The molecule has 2 rings (SSSR count). The Kier molecular flexibility index (Phi) is 3.90. The summed E-state index contributed by atoms with van der Waals surface area (Å²) >= 11 is 1.13. The van der Waals surface area contributed by atoms with Gasteiger partial charge in [0.1, 0.15) is 0 Å². The van der Waals surface area contributed by atoms with E-state index in [1.807, 2.05) is 0 Å². The van der Waals surface area contributed by atoms with Crippen molar-refractivity contribution in [2.45, 2.75) is 12.8 Å². The van der Waals surface area contributed by atoms with E-state index in [0.717, 1.165) is 37.5 Å². The van der Waals surface area contributed by atoms with Crippen molar-refractivity contribution in [2.75, 3.05) is 39.0 Å². The van der Waals surface area contributed by atoms with Gasteiger partial charge in [-0.25, -0.2) is 0 Å². The van der Waals surface area contributed by atoms with Gasteiger partial charge < -0.3 is 15.5 Å². The Hall–Kier alpha value is -1.21. The van der Waals surface area contributed by atoms with Crippen molar-refractivity contribution in [3.05, 3.63) is 5.01 Å². The summed E-state index contributed by atoms with van der Waals surface area (Å²) in [4.78, 5) is 16.0. The number of hydrogen-bond donors (Lipinski definition) is 1. The van der Waals surface area contributed by atoms with Gasteiger partial charge in [-0.3, -0.25) is 4.79 Å². The van der Waals surface area contributed by atoms with Crippen LogP contribution in [-0.2, 0) is 0 Å². The summed E-state index contributed by atoms with van der Waals surface area (Å²) in [5, 5.41) is 8.10. The summed E-state index contributed by atoms with van der Waals surface area (Å²) in [6, 6.07) is 0. The minimum Gasteiger partial charge on any atom is -0.374 e. The molecule has 0 saturated carbocycles. The van der Waals surface area contributed by atoms with Crippen LogP contribution in [0.3, 0.4) is 0 Å². The van der Waals surface area contributed by atoms with Crippen LogP contribution >= 0.6 is 11.3 Å². The monoisotopic (exact) mass is 255 g/mol. The quantitative estimate of drug-likeness (QED) is 0.837. The number of likely N-dealkylation sites (tertiary alicyclic amines) is 1. The second kappa shape index (κ2) is 5.42. The highest BCUT2D eigenvalue weighted by Gasteiger charge is 2.18. The summed E-state index contributed by atoms with van der Waals surface area (Å²) in [6.45, 7) is 3.94. The third kappa shape index (κ3) is 3.13. The van der Waals surface area contributed by atoms with Gasteiger partial charge in [0, 0.05) is 20.1 Å². The second-order valence-electron chi connectivity index (χ2n) is 4.22. The fourth-order valence-corrected chi connectivity index (χ4v) is 2.49. The maximum absolute atomic E-state index is 11.9. The zero-order valence-electron chi connectivity index (χ0n) is 9.93. The average Bonchev–Trinajstić information content (AvgIpc) is 2.95. The van der Waals surface area contributed by atoms with Crippen LogP contribution in [0.2, 0.25) is 0 Å². The van der Waals surface area contributed by atoms with Gasteiger partial charge in [0.25, 0.3) is 5.91 Å². The molecule has 1 saturated heterocycles. The van der Waals surface area contributed by atoms with Gasteiger partial charge in [-0.1, -0.05) is 11.3 Å². The molecule has 0 aliphatic carbocycles. The Labute approximate surface area is 104 Å². The molecule has 1 aromatic heterocycles. The minimum absolute atomic E-state index is 0.0987. The first-order valence-electron chi connectivity index (χ1n) is 5.73. The second-order valence-corrected chi connectivity index (χ2v) is 5.23. The first-order valence-corrected chi connectivity index (χ1v) is 6.55. The van der Waals surface area contributed by atoms with Gasteiger partial charge >= 0.3 is 0 Å². The minimum atomic E-state index is -0.0987. The zero-order valence-corrected chi connectivity index (χ0v) is 10.7. The maximum atomic E-state index is 11.9. The molecule has 0 unspecified atom stereocenters. The summed E-state index contributed by atoms with van der Waals surface area (Å²) in [7, 11) is 1.79. The number of carbonyl (C=O) groups excluding carboxylic acids is 1. The molecule has 2 N–H and O–H groups in total. The fourth-order valence-electron chi connectivity index (χ4n) is 1.88. The van der Waals surface area contributed by atoms with Gasteiger partial charge in [0.05, 0.1) is 0 Å². The summed E-state index contributed by atoms with van der Waals surface area (Å²) in [5.41, 5.74) is 5.46. The van der Waals surface area contributed by atoms with Gasteiger partial charge in [0.2, 0.25) is 10.1 Å². The predicted octanol–water partition coefficient (Wildman–Crippen LogP) is 0.288. The molecule has 2 heterocycles. The highest BCUT2D eigenvalue weighted by atomic mass is 32.1. The molecule has 0 atom stereocenters. The SMILES string of the molecule is CN(CCN1CCCC1)C(=O)c1nnc(N)s1. The smallest absolute Gasteiger partial charge is 0.284 e. The number of nitrogens with two attached hydrogens (primary N) is 1. The third-order valence-electron chi connectivity index (χ3n) is 2.92. The summed E-state index contributed by atoms with van der Waals surface area (Å²) in [5.74, 6) is -0.0987. The molecule has 17 heavy (non-hydrogen) atoms. The van der Waals surface area contributed by atoms with Crippen molar-refractivity contribution in [3.63, 3.8) is 0 Å². The standard InChI is InChI=1S/C10H17N5OS/c1-14(6-7-15-4-2-3-5-15)9(16)8-12-13-10(11)17-8/h2-7H2,1H3,(H2,11,13). The van der Waals surface area contributed by atoms with Gasteiger partial charge in [-0.05, 0) is 25.9 Å². The Bertz CT molecular complexity index is 388. The normalized spacial score (nSPS) is 16.3. The molecule has 1 aliphatic rings. The van der Waals surface area contributed by atoms with Crippen LogP contribution in [0.25, 0.3) is 0 Å². The van der Waals surface area contributed by atoms with E-state index in [4.69, 9.17) is 5.73 Å². The van der Waals surface area contributed by atoms with E-state index >= 15 is 0 Å². The lowest BCUT2D eigenvalue weighted by Crippen LogP contribution is -2.35. The third-order valence-corrected chi connectivity index (χ3v) is 3.66. The van der Waals surface area contributed by atoms with E-state index in [1.165, 1.54) is 12.8 Å². The van der Waals surface area contributed by atoms with Crippen LogP contribution in [0, 0.1) is 0 Å². The maximum Gasteiger partial charge on any atom is 0.284 e. The summed E-state index contributed by atoms with van der Waals surface area (Å²) in [6.07, 6.45) is 2.54. The van der Waals surface area contributed by atoms with E-state index in [9.17, 15) is 4.79 Å². The van der Waals surface area contributed by atoms with Gasteiger partial charge in [-0.15, -0.1) is 10.2 Å². The van der Waals surface area contributed by atoms with E-state index < -0.39 is 0 Å². The highest BCUT2D eigenvalue weighted by Crippen LogP contribution is 2.13. The van der Waals surface area contributed by atoms with Crippen LogP contribution in [0.5, 0.6) is 0 Å². The molecule has 1 aromatic rings. The van der Waals surface area contributed by atoms with Gasteiger partial charge in [0.15, 0.2) is 0 Å². The molecule has 0 bridgehead atoms.